The van der Waals surface area contributed by atoms with Gasteiger partial charge in [-0.15, -0.1) is 0 Å². The number of aromatic amines is 2. The van der Waals surface area contributed by atoms with E-state index in [2.05, 4.69) is 9.71 Å². The standard InChI is InChI=1S/C12H17N3O4S/c1-6-10(11(16)14-12(17)13-6)20(18,19)15-9-5-7-2-3-8(9)4-7/h7-9,15H,2-5H2,1H3,(H2,13,14,16,17)/t7-,8-,9+/m1/s1. The fourth-order valence-corrected chi connectivity index (χ4v) is 5.11. The van der Waals surface area contributed by atoms with E-state index in [9.17, 15) is 18.0 Å². The first kappa shape index (κ1) is 13.6. The van der Waals surface area contributed by atoms with Gasteiger partial charge in [0.1, 0.15) is 0 Å². The second-order valence-electron chi connectivity index (χ2n) is 5.77. The highest BCUT2D eigenvalue weighted by molar-refractivity contribution is 7.89. The molecular formula is C12H17N3O4S. The molecule has 1 aromatic rings. The molecule has 0 saturated heterocycles. The second-order valence-corrected chi connectivity index (χ2v) is 7.42. The molecule has 3 rings (SSSR count). The third kappa shape index (κ3) is 2.22. The Balaban J connectivity index is 1.93. The molecule has 0 aromatic carbocycles. The van der Waals surface area contributed by atoms with Crippen LogP contribution in [-0.4, -0.2) is 24.4 Å². The quantitative estimate of drug-likeness (QED) is 0.720. The van der Waals surface area contributed by atoms with E-state index >= 15 is 0 Å². The Morgan fingerprint density at radius 2 is 1.90 bits per heavy atom. The number of hydrogen-bond acceptors (Lipinski definition) is 4. The highest BCUT2D eigenvalue weighted by Gasteiger charge is 2.41. The highest BCUT2D eigenvalue weighted by atomic mass is 32.2. The van der Waals surface area contributed by atoms with Crippen LogP contribution < -0.4 is 16.0 Å². The van der Waals surface area contributed by atoms with E-state index in [-0.39, 0.29) is 16.6 Å². The molecule has 8 heteroatoms. The zero-order valence-corrected chi connectivity index (χ0v) is 11.9. The lowest BCUT2D eigenvalue weighted by molar-refractivity contribution is 0.390. The lowest BCUT2D eigenvalue weighted by Gasteiger charge is -2.22. The van der Waals surface area contributed by atoms with E-state index in [4.69, 9.17) is 0 Å². The Hall–Kier alpha value is -1.41. The van der Waals surface area contributed by atoms with Gasteiger partial charge in [-0.25, -0.2) is 17.9 Å². The van der Waals surface area contributed by atoms with Gasteiger partial charge >= 0.3 is 5.69 Å². The predicted octanol–water partition coefficient (Wildman–Crippen LogP) is -0.161. The van der Waals surface area contributed by atoms with Crippen molar-refractivity contribution in [1.82, 2.24) is 14.7 Å². The number of H-pyrrole nitrogens is 2. The first-order valence-corrected chi connectivity index (χ1v) is 8.20. The van der Waals surface area contributed by atoms with E-state index in [1.807, 2.05) is 4.98 Å². The summed E-state index contributed by atoms with van der Waals surface area (Å²) in [5.74, 6) is 0.972. The van der Waals surface area contributed by atoms with Crippen LogP contribution in [0.2, 0.25) is 0 Å². The van der Waals surface area contributed by atoms with Crippen LogP contribution in [0.4, 0.5) is 0 Å². The Morgan fingerprint density at radius 1 is 1.15 bits per heavy atom. The minimum Gasteiger partial charge on any atom is -0.310 e. The van der Waals surface area contributed by atoms with E-state index in [1.54, 1.807) is 0 Å². The van der Waals surface area contributed by atoms with Crippen molar-refractivity contribution in [3.05, 3.63) is 26.5 Å². The van der Waals surface area contributed by atoms with Crippen molar-refractivity contribution >= 4 is 10.0 Å². The Labute approximate surface area is 115 Å². The van der Waals surface area contributed by atoms with E-state index < -0.39 is 21.3 Å². The largest absolute Gasteiger partial charge is 0.325 e. The van der Waals surface area contributed by atoms with Gasteiger partial charge in [0.15, 0.2) is 4.90 Å². The summed E-state index contributed by atoms with van der Waals surface area (Å²) >= 11 is 0. The maximum Gasteiger partial charge on any atom is 0.325 e. The molecule has 7 nitrogen and oxygen atoms in total. The molecule has 0 spiro atoms. The van der Waals surface area contributed by atoms with Crippen LogP contribution in [0, 0.1) is 18.8 Å². The number of fused-ring (bicyclic) bond motifs is 2. The maximum absolute atomic E-state index is 12.4. The van der Waals surface area contributed by atoms with Gasteiger partial charge in [0.25, 0.3) is 5.56 Å². The van der Waals surface area contributed by atoms with Crippen LogP contribution in [0.3, 0.4) is 0 Å². The number of rotatable bonds is 3. The molecule has 2 bridgehead atoms. The van der Waals surface area contributed by atoms with Crippen molar-refractivity contribution in [2.45, 2.75) is 43.5 Å². The number of sulfonamides is 1. The predicted molar refractivity (Wildman–Crippen MR) is 72.0 cm³/mol. The SMILES string of the molecule is Cc1[nH]c(=O)[nH]c(=O)c1S(=O)(=O)N[C@H]1C[C@@H]2CC[C@@H]1C2. The fraction of sp³-hybridized carbons (Fsp3) is 0.667. The van der Waals surface area contributed by atoms with Crippen molar-refractivity contribution in [3.8, 4) is 0 Å². The van der Waals surface area contributed by atoms with Crippen LogP contribution in [0.15, 0.2) is 14.5 Å². The molecule has 20 heavy (non-hydrogen) atoms. The molecule has 0 radical (unpaired) electrons. The fourth-order valence-electron chi connectivity index (χ4n) is 3.56. The summed E-state index contributed by atoms with van der Waals surface area (Å²) in [4.78, 5) is 26.7. The summed E-state index contributed by atoms with van der Waals surface area (Å²) in [6.45, 7) is 1.41. The summed E-state index contributed by atoms with van der Waals surface area (Å²) in [6, 6.07) is -0.0931. The van der Waals surface area contributed by atoms with E-state index in [1.165, 1.54) is 13.3 Å². The molecule has 2 aliphatic rings. The van der Waals surface area contributed by atoms with Gasteiger partial charge in [0, 0.05) is 11.7 Å². The monoisotopic (exact) mass is 299 g/mol. The van der Waals surface area contributed by atoms with Crippen LogP contribution in [0.25, 0.3) is 0 Å². The normalized spacial score (nSPS) is 28.9. The van der Waals surface area contributed by atoms with Crippen molar-refractivity contribution < 1.29 is 8.42 Å². The molecule has 2 fully saturated rings. The van der Waals surface area contributed by atoms with E-state index in [0.29, 0.717) is 11.8 Å². The molecule has 0 amide bonds. The topological polar surface area (TPSA) is 112 Å². The van der Waals surface area contributed by atoms with Crippen LogP contribution in [0.1, 0.15) is 31.4 Å². The first-order valence-electron chi connectivity index (χ1n) is 6.72. The van der Waals surface area contributed by atoms with Gasteiger partial charge < -0.3 is 4.98 Å². The lowest BCUT2D eigenvalue weighted by Crippen LogP contribution is -2.42. The van der Waals surface area contributed by atoms with Gasteiger partial charge in [0.05, 0.1) is 0 Å². The number of nitrogens with one attached hydrogen (secondary N) is 3. The van der Waals surface area contributed by atoms with E-state index in [0.717, 1.165) is 19.3 Å². The average molecular weight is 299 g/mol. The average Bonchev–Trinajstić information content (AvgIpc) is 2.87. The van der Waals surface area contributed by atoms with Gasteiger partial charge in [-0.3, -0.25) is 9.78 Å². The molecule has 0 aliphatic heterocycles. The Bertz CT molecular complexity index is 749. The number of aryl methyl sites for hydroxylation is 1. The molecule has 3 N–H and O–H groups in total. The lowest BCUT2D eigenvalue weighted by atomic mass is 9.96. The number of hydrogen-bond donors (Lipinski definition) is 3. The summed E-state index contributed by atoms with van der Waals surface area (Å²) in [6.07, 6.45) is 4.11. The molecule has 2 aliphatic carbocycles. The van der Waals surface area contributed by atoms with Gasteiger partial charge in [0.2, 0.25) is 10.0 Å². The molecule has 1 aromatic heterocycles. The van der Waals surface area contributed by atoms with Crippen molar-refractivity contribution in [2.24, 2.45) is 11.8 Å². The van der Waals surface area contributed by atoms with Crippen LogP contribution in [-0.2, 0) is 10.0 Å². The first-order chi connectivity index (χ1) is 9.37. The third-order valence-electron chi connectivity index (χ3n) is 4.39. The van der Waals surface area contributed by atoms with Crippen molar-refractivity contribution in [2.75, 3.05) is 0 Å². The minimum absolute atomic E-state index is 0.0643. The molecule has 3 atom stereocenters. The summed E-state index contributed by atoms with van der Waals surface area (Å²) in [5, 5.41) is 0. The van der Waals surface area contributed by atoms with Crippen molar-refractivity contribution in [3.63, 3.8) is 0 Å². The maximum atomic E-state index is 12.4. The smallest absolute Gasteiger partial charge is 0.310 e. The van der Waals surface area contributed by atoms with Crippen LogP contribution >= 0.6 is 0 Å². The summed E-state index contributed by atoms with van der Waals surface area (Å²) in [7, 11) is -3.91. The Morgan fingerprint density at radius 3 is 2.45 bits per heavy atom. The highest BCUT2D eigenvalue weighted by Crippen LogP contribution is 2.44. The third-order valence-corrected chi connectivity index (χ3v) is 6.03. The number of aromatic nitrogens is 2. The van der Waals surface area contributed by atoms with Crippen molar-refractivity contribution in [1.29, 1.82) is 0 Å². The van der Waals surface area contributed by atoms with Gasteiger partial charge in [-0.1, -0.05) is 6.42 Å². The minimum atomic E-state index is -3.91. The molecule has 1 heterocycles. The molecule has 0 unspecified atom stereocenters. The summed E-state index contributed by atoms with van der Waals surface area (Å²) in [5.41, 5.74) is -1.51. The zero-order chi connectivity index (χ0) is 14.5. The van der Waals surface area contributed by atoms with Gasteiger partial charge in [-0.05, 0) is 38.0 Å². The summed E-state index contributed by atoms with van der Waals surface area (Å²) < 4.78 is 27.4. The van der Waals surface area contributed by atoms with Crippen LogP contribution in [0.5, 0.6) is 0 Å². The molecular weight excluding hydrogens is 282 g/mol. The zero-order valence-electron chi connectivity index (χ0n) is 11.1. The Kier molecular flexibility index (Phi) is 3.09. The second kappa shape index (κ2) is 4.56. The molecule has 2 saturated carbocycles. The molecule has 110 valence electrons. The van der Waals surface area contributed by atoms with Gasteiger partial charge in [-0.2, -0.15) is 0 Å².